The van der Waals surface area contributed by atoms with E-state index in [0.717, 1.165) is 19.3 Å². The molecule has 8 nitrogen and oxygen atoms in total. The second-order valence-corrected chi connectivity index (χ2v) is 7.68. The summed E-state index contributed by atoms with van der Waals surface area (Å²) in [4.78, 5) is 32.2. The van der Waals surface area contributed by atoms with E-state index in [0.29, 0.717) is 6.42 Å². The van der Waals surface area contributed by atoms with Crippen molar-refractivity contribution in [1.29, 1.82) is 0 Å². The summed E-state index contributed by atoms with van der Waals surface area (Å²) in [5.74, 6) is -4.38. The number of carbonyl (C=O) groups excluding carboxylic acids is 1. The summed E-state index contributed by atoms with van der Waals surface area (Å²) in [6.45, 7) is 2.70. The van der Waals surface area contributed by atoms with Gasteiger partial charge in [0.15, 0.2) is 5.78 Å². The summed E-state index contributed by atoms with van der Waals surface area (Å²) in [6, 6.07) is 0. The number of aliphatic carboxylic acids is 2. The number of aliphatic hydroxyl groups is 3. The zero-order chi connectivity index (χ0) is 23.4. The Hall–Kier alpha value is -1.51. The van der Waals surface area contributed by atoms with Gasteiger partial charge in [0.05, 0.1) is 6.61 Å². The zero-order valence-corrected chi connectivity index (χ0v) is 18.6. The summed E-state index contributed by atoms with van der Waals surface area (Å²) < 4.78 is 0. The Bertz CT molecular complexity index is 450. The lowest BCUT2D eigenvalue weighted by Gasteiger charge is -2.14. The molecule has 0 heterocycles. The second-order valence-electron chi connectivity index (χ2n) is 7.68. The molecule has 0 aliphatic rings. The maximum Gasteiger partial charge on any atom is 0.332 e. The Morgan fingerprint density at radius 3 is 1.37 bits per heavy atom. The molecule has 0 fully saturated rings. The summed E-state index contributed by atoms with van der Waals surface area (Å²) >= 11 is 0. The van der Waals surface area contributed by atoms with E-state index < -0.39 is 42.5 Å². The highest BCUT2D eigenvalue weighted by Crippen LogP contribution is 2.16. The van der Waals surface area contributed by atoms with Crippen LogP contribution < -0.4 is 0 Å². The standard InChI is InChI=1S/C19H36O5.C3H6O3/c1-2-3-4-5-6-7-8-9-10-11-12-13-14-16(19(23)24)18(22)17(21)15-20;1-2(4)3(5)6/h16-17,20-21H,2-15H2,1H3,(H,23,24);2,4H,1H3,(H,5,6). The number of aliphatic hydroxyl groups excluding tert-OH is 3. The Morgan fingerprint density at radius 2 is 1.07 bits per heavy atom. The largest absolute Gasteiger partial charge is 0.481 e. The topological polar surface area (TPSA) is 152 Å². The predicted molar refractivity (Wildman–Crippen MR) is 114 cm³/mol. The van der Waals surface area contributed by atoms with Gasteiger partial charge in [-0.25, -0.2) is 4.79 Å². The van der Waals surface area contributed by atoms with E-state index in [-0.39, 0.29) is 6.42 Å². The highest BCUT2D eigenvalue weighted by atomic mass is 16.4. The second kappa shape index (κ2) is 20.8. The number of hydrogen-bond donors (Lipinski definition) is 5. The van der Waals surface area contributed by atoms with E-state index in [1.165, 1.54) is 58.3 Å². The van der Waals surface area contributed by atoms with Crippen molar-refractivity contribution >= 4 is 17.7 Å². The minimum absolute atomic E-state index is 0.239. The van der Waals surface area contributed by atoms with Crippen molar-refractivity contribution in [3.05, 3.63) is 0 Å². The molecular formula is C22H42O8. The van der Waals surface area contributed by atoms with Crippen molar-refractivity contribution in [3.63, 3.8) is 0 Å². The molecule has 0 aromatic heterocycles. The third-order valence-electron chi connectivity index (χ3n) is 4.85. The lowest BCUT2D eigenvalue weighted by atomic mass is 9.93. The molecular weight excluding hydrogens is 392 g/mol. The van der Waals surface area contributed by atoms with E-state index in [9.17, 15) is 19.5 Å². The average molecular weight is 435 g/mol. The number of ketones is 1. The smallest absolute Gasteiger partial charge is 0.332 e. The number of rotatable bonds is 18. The van der Waals surface area contributed by atoms with Crippen molar-refractivity contribution in [1.82, 2.24) is 0 Å². The Morgan fingerprint density at radius 1 is 0.700 bits per heavy atom. The van der Waals surface area contributed by atoms with E-state index in [1.54, 1.807) is 0 Å². The van der Waals surface area contributed by atoms with Crippen LogP contribution >= 0.6 is 0 Å². The highest BCUT2D eigenvalue weighted by Gasteiger charge is 2.30. The van der Waals surface area contributed by atoms with Gasteiger partial charge in [-0.05, 0) is 13.3 Å². The Kier molecular flexibility index (Phi) is 21.2. The molecule has 178 valence electrons. The summed E-state index contributed by atoms with van der Waals surface area (Å²) in [7, 11) is 0. The van der Waals surface area contributed by atoms with Crippen LogP contribution in [0.1, 0.15) is 97.3 Å². The van der Waals surface area contributed by atoms with Gasteiger partial charge in [0, 0.05) is 0 Å². The van der Waals surface area contributed by atoms with Crippen LogP contribution in [0.15, 0.2) is 0 Å². The van der Waals surface area contributed by atoms with Crippen molar-refractivity contribution in [2.45, 2.75) is 110 Å². The third kappa shape index (κ3) is 18.5. The first-order valence-corrected chi connectivity index (χ1v) is 11.1. The molecule has 3 atom stereocenters. The van der Waals surface area contributed by atoms with Crippen molar-refractivity contribution in [2.24, 2.45) is 5.92 Å². The number of Topliss-reactive ketones (excluding diaryl/α,β-unsaturated/α-hetero) is 1. The van der Waals surface area contributed by atoms with E-state index in [4.69, 9.17) is 20.4 Å². The van der Waals surface area contributed by atoms with Gasteiger partial charge in [-0.15, -0.1) is 0 Å². The molecule has 0 amide bonds. The van der Waals surface area contributed by atoms with Crippen LogP contribution in [-0.4, -0.2) is 62.1 Å². The fourth-order valence-corrected chi connectivity index (χ4v) is 2.90. The monoisotopic (exact) mass is 434 g/mol. The lowest BCUT2D eigenvalue weighted by Crippen LogP contribution is -2.35. The number of carboxylic acid groups (broad SMARTS) is 2. The van der Waals surface area contributed by atoms with Crippen molar-refractivity contribution in [3.8, 4) is 0 Å². The molecule has 0 aromatic rings. The van der Waals surface area contributed by atoms with Gasteiger partial charge < -0.3 is 25.5 Å². The number of carbonyl (C=O) groups is 3. The molecule has 5 N–H and O–H groups in total. The fraction of sp³-hybridized carbons (Fsp3) is 0.864. The van der Waals surface area contributed by atoms with Crippen LogP contribution in [0.4, 0.5) is 0 Å². The summed E-state index contributed by atoms with van der Waals surface area (Å²) in [6.07, 6.45) is 11.7. The first-order chi connectivity index (χ1) is 14.2. The summed E-state index contributed by atoms with van der Waals surface area (Å²) in [5.41, 5.74) is 0. The molecule has 3 unspecified atom stereocenters. The minimum atomic E-state index is -1.58. The molecule has 8 heteroatoms. The molecule has 0 saturated heterocycles. The quantitative estimate of drug-likeness (QED) is 0.163. The molecule has 0 rings (SSSR count). The van der Waals surface area contributed by atoms with Crippen LogP contribution in [0, 0.1) is 5.92 Å². The van der Waals surface area contributed by atoms with Crippen LogP contribution in [0.2, 0.25) is 0 Å². The Balaban J connectivity index is 0. The van der Waals surface area contributed by atoms with Gasteiger partial charge in [-0.3, -0.25) is 9.59 Å². The van der Waals surface area contributed by atoms with Crippen LogP contribution in [0.25, 0.3) is 0 Å². The molecule has 0 spiro atoms. The maximum atomic E-state index is 11.7. The van der Waals surface area contributed by atoms with Crippen LogP contribution in [0.3, 0.4) is 0 Å². The molecule has 0 radical (unpaired) electrons. The molecule has 0 bridgehead atoms. The molecule has 0 saturated carbocycles. The number of carboxylic acids is 2. The van der Waals surface area contributed by atoms with Gasteiger partial charge >= 0.3 is 11.9 Å². The number of hydrogen-bond acceptors (Lipinski definition) is 6. The molecule has 30 heavy (non-hydrogen) atoms. The zero-order valence-electron chi connectivity index (χ0n) is 18.6. The normalized spacial score (nSPS) is 13.6. The van der Waals surface area contributed by atoms with Gasteiger partial charge in [-0.1, -0.05) is 84.0 Å². The van der Waals surface area contributed by atoms with Gasteiger partial charge in [-0.2, -0.15) is 0 Å². The molecule has 0 aromatic carbocycles. The van der Waals surface area contributed by atoms with Crippen LogP contribution in [0.5, 0.6) is 0 Å². The van der Waals surface area contributed by atoms with Crippen molar-refractivity contribution < 1.29 is 39.9 Å². The van der Waals surface area contributed by atoms with Gasteiger partial charge in [0.2, 0.25) is 0 Å². The first kappa shape index (κ1) is 30.7. The molecule has 0 aliphatic carbocycles. The van der Waals surface area contributed by atoms with E-state index in [2.05, 4.69) is 6.92 Å². The van der Waals surface area contributed by atoms with E-state index in [1.807, 2.05) is 0 Å². The first-order valence-electron chi connectivity index (χ1n) is 11.1. The predicted octanol–water partition coefficient (Wildman–Crippen LogP) is 3.15. The Labute approximate surface area is 180 Å². The van der Waals surface area contributed by atoms with Crippen molar-refractivity contribution in [2.75, 3.05) is 6.61 Å². The fourth-order valence-electron chi connectivity index (χ4n) is 2.90. The van der Waals surface area contributed by atoms with E-state index >= 15 is 0 Å². The van der Waals surface area contributed by atoms with Gasteiger partial charge in [0.25, 0.3) is 0 Å². The molecule has 0 aliphatic heterocycles. The summed E-state index contributed by atoms with van der Waals surface area (Å²) in [5, 5.41) is 42.8. The lowest BCUT2D eigenvalue weighted by molar-refractivity contribution is -0.150. The maximum absolute atomic E-state index is 11.7. The van der Waals surface area contributed by atoms with Crippen LogP contribution in [-0.2, 0) is 14.4 Å². The third-order valence-corrected chi connectivity index (χ3v) is 4.85. The van der Waals surface area contributed by atoms with Gasteiger partial charge in [0.1, 0.15) is 18.1 Å². The highest BCUT2D eigenvalue weighted by molar-refractivity contribution is 6.00. The minimum Gasteiger partial charge on any atom is -0.481 e. The number of unbranched alkanes of at least 4 members (excludes halogenated alkanes) is 11. The SMILES string of the molecule is CC(O)C(=O)O.CCCCCCCCCCCCCCC(C(=O)O)C(=O)C(O)CO. The average Bonchev–Trinajstić information content (AvgIpc) is 2.70.